The fourth-order valence-corrected chi connectivity index (χ4v) is 2.54. The van der Waals surface area contributed by atoms with E-state index in [0.29, 0.717) is 23.8 Å². The average Bonchev–Trinajstić information content (AvgIpc) is 3.32. The standard InChI is InChI=1S/C16H22N6O2.ClH/c1-17-9-3-4-15(23)18-12-7-8-14(24-2)13(10-12)22-16(11-5-6-11)19-20-21-22;/h7-8,10-11,17H,3-6,9H2,1-2H3,(H,18,23);1H. The first-order valence-electron chi connectivity index (χ1n) is 8.14. The molecule has 136 valence electrons. The zero-order valence-electron chi connectivity index (χ0n) is 14.4. The van der Waals surface area contributed by atoms with Crippen LogP contribution in [0.4, 0.5) is 5.69 Å². The maximum Gasteiger partial charge on any atom is 0.224 e. The van der Waals surface area contributed by atoms with Crippen LogP contribution < -0.4 is 15.4 Å². The Balaban J connectivity index is 0.00000225. The number of carbonyl (C=O) groups is 1. The molecular formula is C16H23ClN6O2. The normalized spacial score (nSPS) is 13.2. The summed E-state index contributed by atoms with van der Waals surface area (Å²) in [4.78, 5) is 12.0. The summed E-state index contributed by atoms with van der Waals surface area (Å²) in [6.45, 7) is 0.816. The van der Waals surface area contributed by atoms with Gasteiger partial charge in [0, 0.05) is 18.0 Å². The van der Waals surface area contributed by atoms with E-state index in [1.165, 1.54) is 0 Å². The van der Waals surface area contributed by atoms with Gasteiger partial charge in [-0.1, -0.05) is 0 Å². The minimum atomic E-state index is -0.0134. The van der Waals surface area contributed by atoms with Gasteiger partial charge < -0.3 is 15.4 Å². The van der Waals surface area contributed by atoms with Crippen molar-refractivity contribution in [2.75, 3.05) is 26.0 Å². The van der Waals surface area contributed by atoms with Crippen LogP contribution in [0.2, 0.25) is 0 Å². The van der Waals surface area contributed by atoms with Crippen molar-refractivity contribution in [1.82, 2.24) is 25.5 Å². The molecule has 0 spiro atoms. The number of methoxy groups -OCH3 is 1. The van der Waals surface area contributed by atoms with Crippen molar-refractivity contribution in [2.24, 2.45) is 0 Å². The molecule has 1 aliphatic rings. The number of halogens is 1. The van der Waals surface area contributed by atoms with Crippen molar-refractivity contribution in [3.63, 3.8) is 0 Å². The number of anilines is 1. The van der Waals surface area contributed by atoms with Crippen LogP contribution in [0.25, 0.3) is 5.69 Å². The molecule has 1 heterocycles. The van der Waals surface area contributed by atoms with Crippen LogP contribution in [0.5, 0.6) is 5.75 Å². The Hall–Kier alpha value is -2.19. The minimum Gasteiger partial charge on any atom is -0.494 e. The van der Waals surface area contributed by atoms with Crippen LogP contribution >= 0.6 is 12.4 Å². The summed E-state index contributed by atoms with van der Waals surface area (Å²) in [6.07, 6.45) is 3.47. The Kier molecular flexibility index (Phi) is 6.72. The molecule has 0 atom stereocenters. The van der Waals surface area contributed by atoms with Gasteiger partial charge in [-0.05, 0) is 61.5 Å². The van der Waals surface area contributed by atoms with Crippen LogP contribution in [0.3, 0.4) is 0 Å². The third kappa shape index (κ3) is 4.67. The number of hydrogen-bond donors (Lipinski definition) is 2. The van der Waals surface area contributed by atoms with Crippen molar-refractivity contribution in [1.29, 1.82) is 0 Å². The first-order chi connectivity index (χ1) is 11.7. The SMILES string of the molecule is CNCCCC(=O)Nc1ccc(OC)c(-n2nnnc2C2CC2)c1.Cl. The molecule has 2 aromatic rings. The second-order valence-electron chi connectivity index (χ2n) is 5.87. The molecule has 2 N–H and O–H groups in total. The molecular weight excluding hydrogens is 344 g/mol. The van der Waals surface area contributed by atoms with Crippen molar-refractivity contribution >= 4 is 24.0 Å². The zero-order valence-corrected chi connectivity index (χ0v) is 15.2. The zero-order chi connectivity index (χ0) is 16.9. The van der Waals surface area contributed by atoms with Gasteiger partial charge in [-0.3, -0.25) is 4.79 Å². The maximum absolute atomic E-state index is 12.0. The Bertz CT molecular complexity index is 716. The molecule has 1 amide bonds. The van der Waals surface area contributed by atoms with Gasteiger partial charge in [0.15, 0.2) is 5.82 Å². The highest BCUT2D eigenvalue weighted by atomic mass is 35.5. The predicted molar refractivity (Wildman–Crippen MR) is 96.7 cm³/mol. The number of carbonyl (C=O) groups excluding carboxylic acids is 1. The lowest BCUT2D eigenvalue weighted by atomic mass is 10.2. The van der Waals surface area contributed by atoms with Crippen LogP contribution in [-0.4, -0.2) is 46.8 Å². The first kappa shape index (κ1) is 19.1. The number of nitrogens with zero attached hydrogens (tertiary/aromatic N) is 4. The van der Waals surface area contributed by atoms with Gasteiger partial charge >= 0.3 is 0 Å². The van der Waals surface area contributed by atoms with E-state index in [9.17, 15) is 4.79 Å². The van der Waals surface area contributed by atoms with Gasteiger partial charge in [0.2, 0.25) is 5.91 Å². The highest BCUT2D eigenvalue weighted by Gasteiger charge is 2.30. The monoisotopic (exact) mass is 366 g/mol. The Morgan fingerprint density at radius 1 is 1.40 bits per heavy atom. The lowest BCUT2D eigenvalue weighted by Gasteiger charge is -2.12. The number of hydrogen-bond acceptors (Lipinski definition) is 6. The van der Waals surface area contributed by atoms with Gasteiger partial charge in [0.05, 0.1) is 7.11 Å². The molecule has 1 aliphatic carbocycles. The third-order valence-corrected chi connectivity index (χ3v) is 3.96. The number of amides is 1. The van der Waals surface area contributed by atoms with E-state index in [4.69, 9.17) is 4.74 Å². The molecule has 1 aromatic carbocycles. The second-order valence-corrected chi connectivity index (χ2v) is 5.87. The van der Waals surface area contributed by atoms with Gasteiger partial charge in [0.25, 0.3) is 0 Å². The van der Waals surface area contributed by atoms with E-state index in [2.05, 4.69) is 26.2 Å². The maximum atomic E-state index is 12.0. The molecule has 1 aromatic heterocycles. The average molecular weight is 367 g/mol. The van der Waals surface area contributed by atoms with Gasteiger partial charge in [-0.2, -0.15) is 4.68 Å². The highest BCUT2D eigenvalue weighted by molar-refractivity contribution is 5.91. The summed E-state index contributed by atoms with van der Waals surface area (Å²) in [7, 11) is 3.48. The smallest absolute Gasteiger partial charge is 0.224 e. The van der Waals surface area contributed by atoms with E-state index in [1.54, 1.807) is 11.8 Å². The van der Waals surface area contributed by atoms with Crippen LogP contribution in [-0.2, 0) is 4.79 Å². The van der Waals surface area contributed by atoms with Crippen LogP contribution in [0, 0.1) is 0 Å². The number of benzene rings is 1. The molecule has 1 fully saturated rings. The Morgan fingerprint density at radius 3 is 2.88 bits per heavy atom. The molecule has 0 saturated heterocycles. The van der Waals surface area contributed by atoms with E-state index in [1.807, 2.05) is 25.2 Å². The number of rotatable bonds is 8. The number of nitrogens with one attached hydrogen (secondary N) is 2. The fourth-order valence-electron chi connectivity index (χ4n) is 2.54. The number of aromatic nitrogens is 4. The molecule has 0 bridgehead atoms. The van der Waals surface area contributed by atoms with Crippen molar-refractivity contribution in [2.45, 2.75) is 31.6 Å². The van der Waals surface area contributed by atoms with Gasteiger partial charge in [-0.15, -0.1) is 17.5 Å². The van der Waals surface area contributed by atoms with Gasteiger partial charge in [-0.25, -0.2) is 0 Å². The molecule has 9 heteroatoms. The quantitative estimate of drug-likeness (QED) is 0.693. The topological polar surface area (TPSA) is 94.0 Å². The second kappa shape index (κ2) is 8.77. The molecule has 1 saturated carbocycles. The highest BCUT2D eigenvalue weighted by Crippen LogP contribution is 2.40. The molecule has 3 rings (SSSR count). The minimum absolute atomic E-state index is 0. The Morgan fingerprint density at radius 2 is 2.20 bits per heavy atom. The molecule has 0 aliphatic heterocycles. The lowest BCUT2D eigenvalue weighted by Crippen LogP contribution is -2.15. The summed E-state index contributed by atoms with van der Waals surface area (Å²) < 4.78 is 7.13. The number of ether oxygens (including phenoxy) is 1. The summed E-state index contributed by atoms with van der Waals surface area (Å²) >= 11 is 0. The van der Waals surface area contributed by atoms with Crippen molar-refractivity contribution in [3.05, 3.63) is 24.0 Å². The van der Waals surface area contributed by atoms with Gasteiger partial charge in [0.1, 0.15) is 11.4 Å². The van der Waals surface area contributed by atoms with Crippen LogP contribution in [0.1, 0.15) is 37.4 Å². The lowest BCUT2D eigenvalue weighted by molar-refractivity contribution is -0.116. The van der Waals surface area contributed by atoms with E-state index in [-0.39, 0.29) is 18.3 Å². The molecule has 0 unspecified atom stereocenters. The predicted octanol–water partition coefficient (Wildman–Crippen LogP) is 1.91. The summed E-state index contributed by atoms with van der Waals surface area (Å²) in [5.74, 6) is 1.90. The molecule has 8 nitrogen and oxygen atoms in total. The Labute approximate surface area is 152 Å². The first-order valence-corrected chi connectivity index (χ1v) is 8.14. The summed E-state index contributed by atoms with van der Waals surface area (Å²) in [5, 5.41) is 17.9. The van der Waals surface area contributed by atoms with Crippen molar-refractivity contribution in [3.8, 4) is 11.4 Å². The van der Waals surface area contributed by atoms with Crippen molar-refractivity contribution < 1.29 is 9.53 Å². The summed E-state index contributed by atoms with van der Waals surface area (Å²) in [6, 6.07) is 5.48. The molecule has 25 heavy (non-hydrogen) atoms. The fraction of sp³-hybridized carbons (Fsp3) is 0.500. The van der Waals surface area contributed by atoms with Crippen LogP contribution in [0.15, 0.2) is 18.2 Å². The number of tetrazole rings is 1. The van der Waals surface area contributed by atoms with E-state index in [0.717, 1.165) is 37.3 Å². The third-order valence-electron chi connectivity index (χ3n) is 3.96. The summed E-state index contributed by atoms with van der Waals surface area (Å²) in [5.41, 5.74) is 1.44. The van der Waals surface area contributed by atoms with E-state index >= 15 is 0 Å². The molecule has 0 radical (unpaired) electrons. The van der Waals surface area contributed by atoms with E-state index < -0.39 is 0 Å². The largest absolute Gasteiger partial charge is 0.494 e.